The first kappa shape index (κ1) is 24.3. The van der Waals surface area contributed by atoms with Gasteiger partial charge in [0.05, 0.1) is 5.56 Å². The highest BCUT2D eigenvalue weighted by Crippen LogP contribution is 2.46. The predicted molar refractivity (Wildman–Crippen MR) is 142 cm³/mol. The van der Waals surface area contributed by atoms with Crippen LogP contribution < -0.4 is 0 Å². The lowest BCUT2D eigenvalue weighted by Gasteiger charge is -2.42. The Morgan fingerprint density at radius 2 is 1.53 bits per heavy atom. The number of aromatic carboxylic acids is 1. The average molecular weight is 473 g/mol. The van der Waals surface area contributed by atoms with Crippen molar-refractivity contribution in [3.05, 3.63) is 111 Å². The van der Waals surface area contributed by atoms with Crippen LogP contribution in [0, 0.1) is 0 Å². The van der Waals surface area contributed by atoms with E-state index in [1.54, 1.807) is 12.1 Å². The molecular weight excluding hydrogens is 440 g/mol. The lowest BCUT2D eigenvalue weighted by atomic mass is 9.62. The quantitative estimate of drug-likeness (QED) is 0.390. The van der Waals surface area contributed by atoms with Crippen molar-refractivity contribution >= 4 is 23.6 Å². The van der Waals surface area contributed by atoms with E-state index in [0.717, 1.165) is 17.0 Å². The van der Waals surface area contributed by atoms with Crippen molar-refractivity contribution in [3.63, 3.8) is 0 Å². The minimum atomic E-state index is -0.907. The fraction of sp³-hybridized carbons (Fsp3) is 0.323. The Labute approximate surface area is 208 Å². The van der Waals surface area contributed by atoms with Gasteiger partial charge in [-0.05, 0) is 82.2 Å². The summed E-state index contributed by atoms with van der Waals surface area (Å²) in [6, 6.07) is 22.2. The number of hydrogen-bond donors (Lipinski definition) is 1. The first-order chi connectivity index (χ1) is 16.0. The number of carbonyl (C=O) groups is 1. The molecule has 1 aliphatic rings. The van der Waals surface area contributed by atoms with Crippen LogP contribution in [0.15, 0.2) is 72.8 Å². The fourth-order valence-corrected chi connectivity index (χ4v) is 5.10. The van der Waals surface area contributed by atoms with Crippen molar-refractivity contribution in [1.29, 1.82) is 0 Å². The number of carboxylic acids is 1. The highest BCUT2D eigenvalue weighted by atomic mass is 35.5. The zero-order chi connectivity index (χ0) is 24.5. The van der Waals surface area contributed by atoms with Crippen LogP contribution in [-0.2, 0) is 17.3 Å². The van der Waals surface area contributed by atoms with E-state index in [-0.39, 0.29) is 16.7 Å². The third-order valence-corrected chi connectivity index (χ3v) is 7.60. The molecule has 0 aliphatic heterocycles. The lowest BCUT2D eigenvalue weighted by Crippen LogP contribution is -2.34. The molecule has 4 rings (SSSR count). The van der Waals surface area contributed by atoms with E-state index in [2.05, 4.69) is 70.2 Å². The molecule has 2 nitrogen and oxygen atoms in total. The summed E-state index contributed by atoms with van der Waals surface area (Å²) in [6.07, 6.45) is 7.59. The molecule has 3 aromatic carbocycles. The van der Waals surface area contributed by atoms with Gasteiger partial charge in [0.1, 0.15) is 0 Å². The largest absolute Gasteiger partial charge is 0.478 e. The van der Waals surface area contributed by atoms with Crippen LogP contribution in [0.2, 0.25) is 5.02 Å². The topological polar surface area (TPSA) is 37.3 Å². The van der Waals surface area contributed by atoms with Crippen LogP contribution in [-0.4, -0.2) is 11.1 Å². The lowest BCUT2D eigenvalue weighted by molar-refractivity contribution is 0.0697. The zero-order valence-electron chi connectivity index (χ0n) is 20.4. The zero-order valence-corrected chi connectivity index (χ0v) is 21.2. The van der Waals surface area contributed by atoms with Gasteiger partial charge in [-0.25, -0.2) is 4.79 Å². The number of rotatable bonds is 6. The van der Waals surface area contributed by atoms with Gasteiger partial charge in [-0.2, -0.15) is 0 Å². The molecule has 34 heavy (non-hydrogen) atoms. The Balaban J connectivity index is 1.72. The van der Waals surface area contributed by atoms with Gasteiger partial charge in [0.2, 0.25) is 0 Å². The van der Waals surface area contributed by atoms with Crippen LogP contribution in [0.25, 0.3) is 6.08 Å². The first-order valence-electron chi connectivity index (χ1n) is 12.0. The maximum Gasteiger partial charge on any atom is 0.335 e. The molecule has 0 saturated heterocycles. The fourth-order valence-electron chi connectivity index (χ4n) is 4.97. The molecule has 0 fully saturated rings. The van der Waals surface area contributed by atoms with Crippen molar-refractivity contribution in [3.8, 4) is 0 Å². The summed E-state index contributed by atoms with van der Waals surface area (Å²) in [4.78, 5) is 11.2. The third kappa shape index (κ3) is 5.28. The maximum absolute atomic E-state index is 11.2. The Kier molecular flexibility index (Phi) is 6.73. The molecule has 0 bridgehead atoms. The number of benzene rings is 3. The predicted octanol–water partition coefficient (Wildman–Crippen LogP) is 8.43. The third-order valence-electron chi connectivity index (χ3n) is 7.35. The Hall–Kier alpha value is -2.84. The molecule has 0 spiro atoms. The van der Waals surface area contributed by atoms with Gasteiger partial charge < -0.3 is 5.11 Å². The van der Waals surface area contributed by atoms with E-state index in [1.807, 2.05) is 24.3 Å². The van der Waals surface area contributed by atoms with Gasteiger partial charge in [-0.3, -0.25) is 0 Å². The van der Waals surface area contributed by atoms with Crippen LogP contribution in [0.1, 0.15) is 84.6 Å². The second kappa shape index (κ2) is 9.43. The second-order valence-electron chi connectivity index (χ2n) is 10.8. The number of halogens is 1. The molecule has 3 aromatic rings. The highest BCUT2D eigenvalue weighted by molar-refractivity contribution is 6.30. The summed E-state index contributed by atoms with van der Waals surface area (Å²) in [6.45, 7) is 9.43. The highest BCUT2D eigenvalue weighted by Gasteiger charge is 2.37. The molecule has 1 unspecified atom stereocenters. The number of fused-ring (bicyclic) bond motifs is 1. The van der Waals surface area contributed by atoms with Gasteiger partial charge in [0.25, 0.3) is 0 Å². The van der Waals surface area contributed by atoms with Gasteiger partial charge >= 0.3 is 5.97 Å². The smallest absolute Gasteiger partial charge is 0.335 e. The van der Waals surface area contributed by atoms with Crippen molar-refractivity contribution in [2.24, 2.45) is 0 Å². The molecule has 176 valence electrons. The van der Waals surface area contributed by atoms with Gasteiger partial charge in [0, 0.05) is 10.9 Å². The molecule has 3 heteroatoms. The van der Waals surface area contributed by atoms with Crippen molar-refractivity contribution in [1.82, 2.24) is 0 Å². The van der Waals surface area contributed by atoms with Gasteiger partial charge in [-0.15, -0.1) is 0 Å². The second-order valence-corrected chi connectivity index (χ2v) is 11.2. The summed E-state index contributed by atoms with van der Waals surface area (Å²) in [5, 5.41) is 9.92. The van der Waals surface area contributed by atoms with Gasteiger partial charge in [0.15, 0.2) is 0 Å². The summed E-state index contributed by atoms with van der Waals surface area (Å²) in [7, 11) is 0. The molecule has 0 radical (unpaired) electrons. The standard InChI is InChI=1S/C31H33ClO2/c1-30(2)17-18-31(3,4)28-20-25(13-16-27(28)30)24(19-22-8-14-26(32)15-9-22)12-7-21-5-10-23(11-6-21)29(33)34/h5-16,20,24H,17-19H2,1-4H3,(H,33,34). The molecule has 0 heterocycles. The van der Waals surface area contributed by atoms with E-state index in [9.17, 15) is 9.90 Å². The molecule has 0 aromatic heterocycles. The van der Waals surface area contributed by atoms with E-state index >= 15 is 0 Å². The van der Waals surface area contributed by atoms with Crippen molar-refractivity contribution < 1.29 is 9.90 Å². The van der Waals surface area contributed by atoms with Crippen LogP contribution in [0.4, 0.5) is 0 Å². The molecule has 0 amide bonds. The number of hydrogen-bond acceptors (Lipinski definition) is 1. The molecule has 0 saturated carbocycles. The Morgan fingerprint density at radius 1 is 0.912 bits per heavy atom. The normalized spacial score (nSPS) is 17.3. The summed E-state index contributed by atoms with van der Waals surface area (Å²) in [5.74, 6) is -0.720. The summed E-state index contributed by atoms with van der Waals surface area (Å²) < 4.78 is 0. The van der Waals surface area contributed by atoms with Crippen molar-refractivity contribution in [2.45, 2.75) is 63.7 Å². The molecule has 1 atom stereocenters. The summed E-state index contributed by atoms with van der Waals surface area (Å²) in [5.41, 5.74) is 7.10. The summed E-state index contributed by atoms with van der Waals surface area (Å²) >= 11 is 6.12. The average Bonchev–Trinajstić information content (AvgIpc) is 2.81. The van der Waals surface area contributed by atoms with E-state index in [0.29, 0.717) is 5.56 Å². The van der Waals surface area contributed by atoms with Crippen LogP contribution in [0.5, 0.6) is 0 Å². The van der Waals surface area contributed by atoms with E-state index in [1.165, 1.54) is 35.1 Å². The van der Waals surface area contributed by atoms with E-state index in [4.69, 9.17) is 11.6 Å². The van der Waals surface area contributed by atoms with E-state index < -0.39 is 5.97 Å². The first-order valence-corrected chi connectivity index (χ1v) is 12.3. The molecule has 1 N–H and O–H groups in total. The number of carboxylic acid groups (broad SMARTS) is 1. The van der Waals surface area contributed by atoms with Crippen LogP contribution in [0.3, 0.4) is 0 Å². The minimum absolute atomic E-state index is 0.155. The maximum atomic E-state index is 11.2. The molecular formula is C31H33ClO2. The Bertz CT molecular complexity index is 1200. The molecule has 1 aliphatic carbocycles. The van der Waals surface area contributed by atoms with Crippen molar-refractivity contribution in [2.75, 3.05) is 0 Å². The van der Waals surface area contributed by atoms with Gasteiger partial charge in [-0.1, -0.05) is 93.9 Å². The number of allylic oxidation sites excluding steroid dienone is 1. The monoisotopic (exact) mass is 472 g/mol. The SMILES string of the molecule is CC1(C)CCC(C)(C)c2cc(C(C=Cc3ccc(C(=O)O)cc3)Cc3ccc(Cl)cc3)ccc21. The van der Waals surface area contributed by atoms with Crippen LogP contribution >= 0.6 is 11.6 Å². The minimum Gasteiger partial charge on any atom is -0.478 e. The Morgan fingerprint density at radius 3 is 2.15 bits per heavy atom.